The van der Waals surface area contributed by atoms with Crippen molar-refractivity contribution in [2.24, 2.45) is 5.92 Å². The summed E-state index contributed by atoms with van der Waals surface area (Å²) in [5.74, 6) is 1.73. The Morgan fingerprint density at radius 1 is 1.32 bits per heavy atom. The van der Waals surface area contributed by atoms with Gasteiger partial charge in [-0.25, -0.2) is 0 Å². The SMILES string of the molecule is CCOc1c(Cl)cccc1CN1CCC(CCNC)CC1.Cl. The number of piperidine rings is 1. The average Bonchev–Trinajstić information content (AvgIpc) is 2.50. The van der Waals surface area contributed by atoms with Crippen molar-refractivity contribution in [2.75, 3.05) is 33.3 Å². The number of nitrogens with zero attached hydrogens (tertiary/aromatic N) is 1. The zero-order valence-electron chi connectivity index (χ0n) is 13.6. The van der Waals surface area contributed by atoms with Gasteiger partial charge in [0.1, 0.15) is 5.75 Å². The maximum Gasteiger partial charge on any atom is 0.142 e. The highest BCUT2D eigenvalue weighted by molar-refractivity contribution is 6.32. The lowest BCUT2D eigenvalue weighted by Gasteiger charge is -2.32. The molecule has 5 heteroatoms. The van der Waals surface area contributed by atoms with Gasteiger partial charge in [-0.2, -0.15) is 0 Å². The van der Waals surface area contributed by atoms with Crippen LogP contribution in [0.2, 0.25) is 5.02 Å². The first-order valence-corrected chi connectivity index (χ1v) is 8.39. The molecule has 0 spiro atoms. The van der Waals surface area contributed by atoms with E-state index in [1.165, 1.54) is 37.9 Å². The molecule has 0 amide bonds. The molecule has 3 nitrogen and oxygen atoms in total. The summed E-state index contributed by atoms with van der Waals surface area (Å²) in [5.41, 5.74) is 1.21. The van der Waals surface area contributed by atoms with Crippen LogP contribution in [0.25, 0.3) is 0 Å². The van der Waals surface area contributed by atoms with Crippen LogP contribution in [-0.4, -0.2) is 38.2 Å². The molecule has 0 radical (unpaired) electrons. The van der Waals surface area contributed by atoms with Gasteiger partial charge in [0.05, 0.1) is 11.6 Å². The maximum absolute atomic E-state index is 6.26. The molecule has 0 unspecified atom stereocenters. The normalized spacial score (nSPS) is 16.3. The first-order chi connectivity index (χ1) is 10.2. The van der Waals surface area contributed by atoms with Crippen LogP contribution >= 0.6 is 24.0 Å². The molecule has 1 aromatic carbocycles. The van der Waals surface area contributed by atoms with Crippen LogP contribution in [0, 0.1) is 5.92 Å². The van der Waals surface area contributed by atoms with Crippen molar-refractivity contribution in [2.45, 2.75) is 32.7 Å². The number of likely N-dealkylation sites (tertiary alicyclic amines) is 1. The average molecular weight is 347 g/mol. The van der Waals surface area contributed by atoms with E-state index < -0.39 is 0 Å². The number of nitrogens with one attached hydrogen (secondary N) is 1. The van der Waals surface area contributed by atoms with Gasteiger partial charge >= 0.3 is 0 Å². The highest BCUT2D eigenvalue weighted by Gasteiger charge is 2.20. The molecule has 126 valence electrons. The second kappa shape index (κ2) is 10.3. The second-order valence-corrected chi connectivity index (χ2v) is 6.18. The largest absolute Gasteiger partial charge is 0.492 e. The number of benzene rings is 1. The third kappa shape index (κ3) is 5.62. The van der Waals surface area contributed by atoms with Crippen LogP contribution in [0.3, 0.4) is 0 Å². The van der Waals surface area contributed by atoms with Crippen LogP contribution in [0.1, 0.15) is 31.7 Å². The lowest BCUT2D eigenvalue weighted by molar-refractivity contribution is 0.170. The van der Waals surface area contributed by atoms with Crippen molar-refractivity contribution < 1.29 is 4.74 Å². The number of hydrogen-bond acceptors (Lipinski definition) is 3. The molecule has 1 heterocycles. The molecule has 1 aromatic rings. The molecule has 0 atom stereocenters. The van der Waals surface area contributed by atoms with Gasteiger partial charge in [-0.15, -0.1) is 12.4 Å². The summed E-state index contributed by atoms with van der Waals surface area (Å²) < 4.78 is 5.72. The summed E-state index contributed by atoms with van der Waals surface area (Å²) in [6, 6.07) is 6.05. The van der Waals surface area contributed by atoms with E-state index in [2.05, 4.69) is 16.3 Å². The number of ether oxygens (including phenoxy) is 1. The van der Waals surface area contributed by atoms with E-state index >= 15 is 0 Å². The molecule has 0 saturated carbocycles. The van der Waals surface area contributed by atoms with Gasteiger partial charge in [0.25, 0.3) is 0 Å². The monoisotopic (exact) mass is 346 g/mol. The lowest BCUT2D eigenvalue weighted by Crippen LogP contribution is -2.34. The number of para-hydroxylation sites is 1. The Morgan fingerprint density at radius 2 is 2.05 bits per heavy atom. The van der Waals surface area contributed by atoms with E-state index in [4.69, 9.17) is 16.3 Å². The fraction of sp³-hybridized carbons (Fsp3) is 0.647. The van der Waals surface area contributed by atoms with Crippen LogP contribution in [0.4, 0.5) is 0 Å². The van der Waals surface area contributed by atoms with Crippen molar-refractivity contribution in [3.63, 3.8) is 0 Å². The Hall–Kier alpha value is -0.480. The summed E-state index contributed by atoms with van der Waals surface area (Å²) in [6.07, 6.45) is 3.89. The minimum absolute atomic E-state index is 0. The molecule has 0 aromatic heterocycles. The molecular weight excluding hydrogens is 319 g/mol. The summed E-state index contributed by atoms with van der Waals surface area (Å²) in [7, 11) is 2.03. The van der Waals surface area contributed by atoms with Gasteiger partial charge in [0, 0.05) is 12.1 Å². The minimum Gasteiger partial charge on any atom is -0.492 e. The Balaban J connectivity index is 0.00000242. The molecule has 0 aliphatic carbocycles. The summed E-state index contributed by atoms with van der Waals surface area (Å²) >= 11 is 6.26. The van der Waals surface area contributed by atoms with E-state index in [0.29, 0.717) is 6.61 Å². The number of hydrogen-bond donors (Lipinski definition) is 1. The highest BCUT2D eigenvalue weighted by atomic mass is 35.5. The van der Waals surface area contributed by atoms with Gasteiger partial charge < -0.3 is 10.1 Å². The molecule has 2 rings (SSSR count). The van der Waals surface area contributed by atoms with Gasteiger partial charge in [-0.05, 0) is 64.9 Å². The number of halogens is 2. The van der Waals surface area contributed by atoms with Gasteiger partial charge in [-0.1, -0.05) is 23.7 Å². The minimum atomic E-state index is 0. The van der Waals surface area contributed by atoms with Gasteiger partial charge in [0.2, 0.25) is 0 Å². The van der Waals surface area contributed by atoms with Gasteiger partial charge in [-0.3, -0.25) is 4.90 Å². The molecule has 1 saturated heterocycles. The van der Waals surface area contributed by atoms with E-state index in [-0.39, 0.29) is 12.4 Å². The summed E-state index contributed by atoms with van der Waals surface area (Å²) in [5, 5.41) is 3.97. The quantitative estimate of drug-likeness (QED) is 0.807. The van der Waals surface area contributed by atoms with E-state index in [1.807, 2.05) is 26.1 Å². The highest BCUT2D eigenvalue weighted by Crippen LogP contribution is 2.31. The predicted octanol–water partition coefficient (Wildman–Crippen LogP) is 3.98. The second-order valence-electron chi connectivity index (χ2n) is 5.77. The van der Waals surface area contributed by atoms with Crippen molar-refractivity contribution in [3.8, 4) is 5.75 Å². The molecular formula is C17H28Cl2N2O. The van der Waals surface area contributed by atoms with Crippen molar-refractivity contribution >= 4 is 24.0 Å². The molecule has 1 fully saturated rings. The third-order valence-corrected chi connectivity index (χ3v) is 4.54. The molecule has 22 heavy (non-hydrogen) atoms. The standard InChI is InChI=1S/C17H27ClN2O.ClH/c1-3-21-17-15(5-4-6-16(17)18)13-20-11-8-14(9-12-20)7-10-19-2;/h4-6,14,19H,3,7-13H2,1-2H3;1H. The van der Waals surface area contributed by atoms with Crippen molar-refractivity contribution in [1.82, 2.24) is 10.2 Å². The van der Waals surface area contributed by atoms with Crippen LogP contribution < -0.4 is 10.1 Å². The summed E-state index contributed by atoms with van der Waals surface area (Å²) in [4.78, 5) is 2.52. The first kappa shape index (κ1) is 19.6. The van der Waals surface area contributed by atoms with Crippen LogP contribution in [-0.2, 0) is 6.54 Å². The predicted molar refractivity (Wildman–Crippen MR) is 96.4 cm³/mol. The van der Waals surface area contributed by atoms with E-state index in [9.17, 15) is 0 Å². The molecule has 1 aliphatic heterocycles. The Morgan fingerprint density at radius 3 is 2.68 bits per heavy atom. The first-order valence-electron chi connectivity index (χ1n) is 8.01. The lowest BCUT2D eigenvalue weighted by atomic mass is 9.93. The van der Waals surface area contributed by atoms with Crippen molar-refractivity contribution in [1.29, 1.82) is 0 Å². The molecule has 1 N–H and O–H groups in total. The smallest absolute Gasteiger partial charge is 0.142 e. The van der Waals surface area contributed by atoms with Crippen molar-refractivity contribution in [3.05, 3.63) is 28.8 Å². The van der Waals surface area contributed by atoms with E-state index in [1.54, 1.807) is 0 Å². The Bertz CT molecular complexity index is 435. The fourth-order valence-electron chi connectivity index (χ4n) is 3.01. The fourth-order valence-corrected chi connectivity index (χ4v) is 3.26. The number of rotatable bonds is 7. The maximum atomic E-state index is 6.26. The van der Waals surface area contributed by atoms with E-state index in [0.717, 1.165) is 29.8 Å². The van der Waals surface area contributed by atoms with Gasteiger partial charge in [0.15, 0.2) is 0 Å². The zero-order valence-corrected chi connectivity index (χ0v) is 15.2. The third-order valence-electron chi connectivity index (χ3n) is 4.24. The van der Waals surface area contributed by atoms with Crippen LogP contribution in [0.5, 0.6) is 5.75 Å². The topological polar surface area (TPSA) is 24.5 Å². The molecule has 0 bridgehead atoms. The Labute approximate surface area is 145 Å². The Kier molecular flexibility index (Phi) is 9.18. The van der Waals surface area contributed by atoms with Crippen LogP contribution in [0.15, 0.2) is 18.2 Å². The summed E-state index contributed by atoms with van der Waals surface area (Å²) in [6.45, 7) is 7.07. The molecule has 1 aliphatic rings. The zero-order chi connectivity index (χ0) is 15.1.